The summed E-state index contributed by atoms with van der Waals surface area (Å²) < 4.78 is 3.58. The van der Waals surface area contributed by atoms with Crippen molar-refractivity contribution in [3.05, 3.63) is 40.1 Å². The van der Waals surface area contributed by atoms with Gasteiger partial charge in [-0.05, 0) is 30.7 Å². The summed E-state index contributed by atoms with van der Waals surface area (Å²) in [5.74, 6) is -0.194. The molecular formula is C13H11BrN4OS. The highest BCUT2D eigenvalue weighted by Crippen LogP contribution is 2.28. The number of hydrogen-bond acceptors (Lipinski definition) is 4. The molecule has 0 atom stereocenters. The third-order valence-corrected chi connectivity index (χ3v) is 4.33. The molecule has 0 spiro atoms. The van der Waals surface area contributed by atoms with Crippen LogP contribution in [0.4, 0.5) is 5.13 Å². The molecule has 0 aliphatic heterocycles. The smallest absolute Gasteiger partial charge is 0.275 e. The fraction of sp³-hybridized carbons (Fsp3) is 0.154. The molecule has 0 saturated carbocycles. The van der Waals surface area contributed by atoms with Crippen LogP contribution in [0.15, 0.2) is 28.9 Å². The SMILES string of the molecule is Cc1cnn(C)c1C(=O)Nc1nc2ccc(Br)cc2s1. The number of halogens is 1. The van der Waals surface area contributed by atoms with E-state index in [4.69, 9.17) is 0 Å². The van der Waals surface area contributed by atoms with Gasteiger partial charge in [-0.25, -0.2) is 4.98 Å². The summed E-state index contributed by atoms with van der Waals surface area (Å²) in [5, 5.41) is 7.48. The number of anilines is 1. The molecule has 0 aliphatic rings. The molecule has 7 heteroatoms. The van der Waals surface area contributed by atoms with Crippen molar-refractivity contribution in [2.75, 3.05) is 5.32 Å². The summed E-state index contributed by atoms with van der Waals surface area (Å²) in [4.78, 5) is 16.6. The van der Waals surface area contributed by atoms with E-state index in [1.807, 2.05) is 25.1 Å². The molecule has 1 N–H and O–H groups in total. The minimum Gasteiger partial charge on any atom is -0.296 e. The van der Waals surface area contributed by atoms with E-state index in [2.05, 4.69) is 31.3 Å². The molecule has 0 unspecified atom stereocenters. The Kier molecular flexibility index (Phi) is 3.31. The predicted molar refractivity (Wildman–Crippen MR) is 83.2 cm³/mol. The number of carbonyl (C=O) groups is 1. The van der Waals surface area contributed by atoms with Crippen molar-refractivity contribution in [2.24, 2.45) is 7.05 Å². The average Bonchev–Trinajstić information content (AvgIpc) is 2.92. The van der Waals surface area contributed by atoms with Crippen LogP contribution in [0.1, 0.15) is 16.1 Å². The van der Waals surface area contributed by atoms with Crippen LogP contribution in [0.5, 0.6) is 0 Å². The third kappa shape index (κ3) is 2.34. The molecule has 2 aromatic heterocycles. The number of thiazole rings is 1. The zero-order chi connectivity index (χ0) is 14.3. The Bertz CT molecular complexity index is 788. The molecule has 1 aromatic carbocycles. The Hall–Kier alpha value is -1.73. The first-order chi connectivity index (χ1) is 9.54. The Morgan fingerprint density at radius 2 is 2.25 bits per heavy atom. The summed E-state index contributed by atoms with van der Waals surface area (Å²) in [5.41, 5.74) is 2.26. The van der Waals surface area contributed by atoms with Crippen molar-refractivity contribution >= 4 is 48.5 Å². The van der Waals surface area contributed by atoms with Crippen molar-refractivity contribution in [1.82, 2.24) is 14.8 Å². The van der Waals surface area contributed by atoms with Crippen LogP contribution in [0, 0.1) is 6.92 Å². The molecule has 0 bridgehead atoms. The monoisotopic (exact) mass is 350 g/mol. The topological polar surface area (TPSA) is 59.8 Å². The Morgan fingerprint density at radius 1 is 1.45 bits per heavy atom. The number of aromatic nitrogens is 3. The lowest BCUT2D eigenvalue weighted by Gasteiger charge is -2.02. The van der Waals surface area contributed by atoms with Crippen molar-refractivity contribution in [1.29, 1.82) is 0 Å². The Labute approximate surface area is 127 Å². The minimum atomic E-state index is -0.194. The number of fused-ring (bicyclic) bond motifs is 1. The number of rotatable bonds is 2. The largest absolute Gasteiger partial charge is 0.296 e. The molecule has 2 heterocycles. The molecule has 0 aliphatic carbocycles. The lowest BCUT2D eigenvalue weighted by Crippen LogP contribution is -2.17. The molecule has 3 aromatic rings. The maximum Gasteiger partial charge on any atom is 0.275 e. The van der Waals surface area contributed by atoms with Gasteiger partial charge in [0.05, 0.1) is 16.4 Å². The molecule has 3 rings (SSSR count). The summed E-state index contributed by atoms with van der Waals surface area (Å²) in [6.45, 7) is 1.86. The van der Waals surface area contributed by atoms with Gasteiger partial charge in [0.15, 0.2) is 5.13 Å². The lowest BCUT2D eigenvalue weighted by atomic mass is 10.2. The van der Waals surface area contributed by atoms with Gasteiger partial charge in [0.2, 0.25) is 0 Å². The molecule has 5 nitrogen and oxygen atoms in total. The molecule has 102 valence electrons. The second-order valence-electron chi connectivity index (χ2n) is 4.38. The maximum absolute atomic E-state index is 12.2. The normalized spacial score (nSPS) is 10.9. The van der Waals surface area contributed by atoms with Gasteiger partial charge in [0.1, 0.15) is 5.69 Å². The van der Waals surface area contributed by atoms with Crippen LogP contribution >= 0.6 is 27.3 Å². The first kappa shape index (κ1) is 13.3. The molecule has 0 saturated heterocycles. The highest BCUT2D eigenvalue weighted by Gasteiger charge is 2.16. The van der Waals surface area contributed by atoms with E-state index < -0.39 is 0 Å². The molecule has 0 fully saturated rings. The van der Waals surface area contributed by atoms with Gasteiger partial charge < -0.3 is 0 Å². The van der Waals surface area contributed by atoms with Crippen LogP contribution < -0.4 is 5.32 Å². The first-order valence-corrected chi connectivity index (χ1v) is 7.51. The van der Waals surface area contributed by atoms with Crippen LogP contribution in [-0.2, 0) is 7.05 Å². The summed E-state index contributed by atoms with van der Waals surface area (Å²) in [6.07, 6.45) is 1.67. The minimum absolute atomic E-state index is 0.194. The summed E-state index contributed by atoms with van der Waals surface area (Å²) in [6, 6.07) is 5.83. The fourth-order valence-corrected chi connectivity index (χ4v) is 3.39. The summed E-state index contributed by atoms with van der Waals surface area (Å²) >= 11 is 4.87. The number of aryl methyl sites for hydroxylation is 2. The first-order valence-electron chi connectivity index (χ1n) is 5.90. The Balaban J connectivity index is 1.91. The number of amides is 1. The molecule has 1 amide bonds. The number of nitrogens with zero attached hydrogens (tertiary/aromatic N) is 3. The predicted octanol–water partition coefficient (Wildman–Crippen LogP) is 3.35. The van der Waals surface area contributed by atoms with E-state index >= 15 is 0 Å². The van der Waals surface area contributed by atoms with Crippen molar-refractivity contribution in [2.45, 2.75) is 6.92 Å². The van der Waals surface area contributed by atoms with Crippen LogP contribution in [0.25, 0.3) is 10.2 Å². The summed E-state index contributed by atoms with van der Waals surface area (Å²) in [7, 11) is 1.75. The van der Waals surface area contributed by atoms with Gasteiger partial charge in [-0.2, -0.15) is 5.10 Å². The van der Waals surface area contributed by atoms with Gasteiger partial charge in [-0.15, -0.1) is 0 Å². The highest BCUT2D eigenvalue weighted by molar-refractivity contribution is 9.10. The quantitative estimate of drug-likeness (QED) is 0.770. The van der Waals surface area contributed by atoms with E-state index in [0.717, 1.165) is 20.3 Å². The zero-order valence-electron chi connectivity index (χ0n) is 10.8. The van der Waals surface area contributed by atoms with Crippen LogP contribution in [0.2, 0.25) is 0 Å². The fourth-order valence-electron chi connectivity index (χ4n) is 1.98. The van der Waals surface area contributed by atoms with E-state index in [-0.39, 0.29) is 5.91 Å². The lowest BCUT2D eigenvalue weighted by molar-refractivity contribution is 0.101. The second kappa shape index (κ2) is 4.99. The molecule has 0 radical (unpaired) electrons. The van der Waals surface area contributed by atoms with Crippen molar-refractivity contribution < 1.29 is 4.79 Å². The van der Waals surface area contributed by atoms with E-state index in [1.165, 1.54) is 11.3 Å². The van der Waals surface area contributed by atoms with Gasteiger partial charge in [-0.1, -0.05) is 27.3 Å². The number of hydrogen-bond donors (Lipinski definition) is 1. The van der Waals surface area contributed by atoms with Crippen molar-refractivity contribution in [3.63, 3.8) is 0 Å². The van der Waals surface area contributed by atoms with Crippen molar-refractivity contribution in [3.8, 4) is 0 Å². The maximum atomic E-state index is 12.2. The van der Waals surface area contributed by atoms with Gasteiger partial charge >= 0.3 is 0 Å². The van der Waals surface area contributed by atoms with Gasteiger partial charge in [0, 0.05) is 11.5 Å². The van der Waals surface area contributed by atoms with E-state index in [9.17, 15) is 4.79 Å². The number of nitrogens with one attached hydrogen (secondary N) is 1. The van der Waals surface area contributed by atoms with Gasteiger partial charge in [-0.3, -0.25) is 14.8 Å². The standard InChI is InChI=1S/C13H11BrN4OS/c1-7-6-15-18(2)11(7)12(19)17-13-16-9-4-3-8(14)5-10(9)20-13/h3-6H,1-2H3,(H,16,17,19). The van der Waals surface area contributed by atoms with Gasteiger partial charge in [0.25, 0.3) is 5.91 Å². The van der Waals surface area contributed by atoms with E-state index in [1.54, 1.807) is 17.9 Å². The number of benzene rings is 1. The molecule has 20 heavy (non-hydrogen) atoms. The average molecular weight is 351 g/mol. The third-order valence-electron chi connectivity index (χ3n) is 2.91. The van der Waals surface area contributed by atoms with E-state index in [0.29, 0.717) is 10.8 Å². The number of carbonyl (C=O) groups excluding carboxylic acids is 1. The molecular weight excluding hydrogens is 340 g/mol. The van der Waals surface area contributed by atoms with Crippen LogP contribution in [0.3, 0.4) is 0 Å². The highest BCUT2D eigenvalue weighted by atomic mass is 79.9. The second-order valence-corrected chi connectivity index (χ2v) is 6.33. The van der Waals surface area contributed by atoms with Crippen LogP contribution in [-0.4, -0.2) is 20.7 Å². The zero-order valence-corrected chi connectivity index (χ0v) is 13.2. The Morgan fingerprint density at radius 3 is 2.95 bits per heavy atom.